The number of amides is 2. The first-order chi connectivity index (χ1) is 13.4. The summed E-state index contributed by atoms with van der Waals surface area (Å²) >= 11 is 6.12. The molecule has 1 aliphatic carbocycles. The summed E-state index contributed by atoms with van der Waals surface area (Å²) in [6.07, 6.45) is 2.26. The molecule has 1 aliphatic rings. The highest BCUT2D eigenvalue weighted by Crippen LogP contribution is 2.32. The molecule has 0 aliphatic heterocycles. The van der Waals surface area contributed by atoms with Crippen molar-refractivity contribution in [2.75, 3.05) is 16.0 Å². The standard InChI is InChI=1S/C19H19ClN4O4/c1-2-18(25)22-13-6-7-14(20)16(10-13)23-19(26)11-3-8-15(21-12-4-5-12)17(9-11)24(27)28/h3,6-10,12,21H,2,4-5H2,1H3,(H,22,25)(H,23,26). The lowest BCUT2D eigenvalue weighted by molar-refractivity contribution is -0.384. The molecule has 146 valence electrons. The van der Waals surface area contributed by atoms with Gasteiger partial charge >= 0.3 is 0 Å². The third-order valence-electron chi connectivity index (χ3n) is 4.21. The van der Waals surface area contributed by atoms with E-state index in [9.17, 15) is 19.7 Å². The van der Waals surface area contributed by atoms with E-state index in [-0.39, 0.29) is 28.2 Å². The lowest BCUT2D eigenvalue weighted by Crippen LogP contribution is -2.14. The highest BCUT2D eigenvalue weighted by atomic mass is 35.5. The Balaban J connectivity index is 1.80. The van der Waals surface area contributed by atoms with Crippen LogP contribution in [-0.4, -0.2) is 22.8 Å². The molecule has 1 fully saturated rings. The highest BCUT2D eigenvalue weighted by Gasteiger charge is 2.25. The zero-order valence-corrected chi connectivity index (χ0v) is 15.9. The zero-order valence-electron chi connectivity index (χ0n) is 15.1. The van der Waals surface area contributed by atoms with Crippen molar-refractivity contribution < 1.29 is 14.5 Å². The molecular weight excluding hydrogens is 384 g/mol. The lowest BCUT2D eigenvalue weighted by Gasteiger charge is -2.11. The summed E-state index contributed by atoms with van der Waals surface area (Å²) in [6, 6.07) is 9.23. The van der Waals surface area contributed by atoms with Gasteiger partial charge in [0, 0.05) is 29.8 Å². The Morgan fingerprint density at radius 1 is 1.14 bits per heavy atom. The van der Waals surface area contributed by atoms with Crippen molar-refractivity contribution >= 4 is 46.2 Å². The number of hydrogen-bond donors (Lipinski definition) is 3. The first kappa shape index (κ1) is 19.6. The van der Waals surface area contributed by atoms with Gasteiger partial charge in [0.1, 0.15) is 5.69 Å². The van der Waals surface area contributed by atoms with Crippen LogP contribution in [0, 0.1) is 10.1 Å². The minimum atomic E-state index is -0.540. The molecule has 8 nitrogen and oxygen atoms in total. The summed E-state index contributed by atoms with van der Waals surface area (Å²) in [4.78, 5) is 35.0. The Bertz CT molecular complexity index is 944. The van der Waals surface area contributed by atoms with Crippen LogP contribution in [0.15, 0.2) is 36.4 Å². The largest absolute Gasteiger partial charge is 0.377 e. The van der Waals surface area contributed by atoms with Gasteiger partial charge < -0.3 is 16.0 Å². The second-order valence-corrected chi connectivity index (χ2v) is 6.87. The number of rotatable bonds is 7. The van der Waals surface area contributed by atoms with Crippen LogP contribution in [0.3, 0.4) is 0 Å². The molecule has 9 heteroatoms. The van der Waals surface area contributed by atoms with E-state index in [0.717, 1.165) is 12.8 Å². The minimum Gasteiger partial charge on any atom is -0.377 e. The van der Waals surface area contributed by atoms with Gasteiger partial charge in [-0.3, -0.25) is 19.7 Å². The third-order valence-corrected chi connectivity index (χ3v) is 4.54. The molecule has 0 radical (unpaired) electrons. The van der Waals surface area contributed by atoms with Crippen LogP contribution in [0.5, 0.6) is 0 Å². The average molecular weight is 403 g/mol. The van der Waals surface area contributed by atoms with E-state index < -0.39 is 10.8 Å². The Morgan fingerprint density at radius 2 is 1.89 bits per heavy atom. The first-order valence-corrected chi connectivity index (χ1v) is 9.21. The number of nitro benzene ring substituents is 1. The van der Waals surface area contributed by atoms with Crippen molar-refractivity contribution in [2.45, 2.75) is 32.2 Å². The van der Waals surface area contributed by atoms with E-state index in [2.05, 4.69) is 16.0 Å². The van der Waals surface area contributed by atoms with Crippen LogP contribution in [0.25, 0.3) is 0 Å². The van der Waals surface area contributed by atoms with Gasteiger partial charge in [0.05, 0.1) is 15.6 Å². The Morgan fingerprint density at radius 3 is 2.54 bits per heavy atom. The average Bonchev–Trinajstić information content (AvgIpc) is 3.48. The number of hydrogen-bond acceptors (Lipinski definition) is 5. The van der Waals surface area contributed by atoms with Crippen LogP contribution < -0.4 is 16.0 Å². The summed E-state index contributed by atoms with van der Waals surface area (Å²) in [7, 11) is 0. The Labute approximate surface area is 166 Å². The molecule has 2 aromatic rings. The molecule has 3 rings (SSSR count). The zero-order chi connectivity index (χ0) is 20.3. The van der Waals surface area contributed by atoms with Crippen molar-refractivity contribution in [3.05, 3.63) is 57.1 Å². The molecule has 0 heterocycles. The van der Waals surface area contributed by atoms with Crippen LogP contribution in [0.4, 0.5) is 22.7 Å². The summed E-state index contributed by atoms with van der Waals surface area (Å²) in [5, 5.41) is 20.0. The van der Waals surface area contributed by atoms with Crippen molar-refractivity contribution in [1.82, 2.24) is 0 Å². The van der Waals surface area contributed by atoms with Gasteiger partial charge in [-0.25, -0.2) is 0 Å². The molecule has 2 aromatic carbocycles. The summed E-state index contributed by atoms with van der Waals surface area (Å²) in [6.45, 7) is 1.72. The maximum absolute atomic E-state index is 12.6. The number of benzene rings is 2. The first-order valence-electron chi connectivity index (χ1n) is 8.83. The molecule has 0 bridgehead atoms. The monoisotopic (exact) mass is 402 g/mol. The van der Waals surface area contributed by atoms with Gasteiger partial charge in [-0.05, 0) is 43.2 Å². The van der Waals surface area contributed by atoms with Gasteiger partial charge in [0.15, 0.2) is 0 Å². The van der Waals surface area contributed by atoms with E-state index in [4.69, 9.17) is 11.6 Å². The Kier molecular flexibility index (Phi) is 5.79. The van der Waals surface area contributed by atoms with E-state index in [1.54, 1.807) is 19.1 Å². The maximum Gasteiger partial charge on any atom is 0.293 e. The van der Waals surface area contributed by atoms with Crippen LogP contribution in [0.1, 0.15) is 36.5 Å². The van der Waals surface area contributed by atoms with Crippen LogP contribution in [-0.2, 0) is 4.79 Å². The highest BCUT2D eigenvalue weighted by molar-refractivity contribution is 6.34. The third kappa shape index (κ3) is 4.77. The molecule has 0 saturated heterocycles. The van der Waals surface area contributed by atoms with Crippen molar-refractivity contribution in [1.29, 1.82) is 0 Å². The van der Waals surface area contributed by atoms with Crippen molar-refractivity contribution in [3.63, 3.8) is 0 Å². The number of carbonyl (C=O) groups excluding carboxylic acids is 2. The summed E-state index contributed by atoms with van der Waals surface area (Å²) < 4.78 is 0. The molecule has 0 atom stereocenters. The molecular formula is C19H19ClN4O4. The molecule has 3 N–H and O–H groups in total. The molecule has 0 aromatic heterocycles. The quantitative estimate of drug-likeness (QED) is 0.468. The normalized spacial score (nSPS) is 12.9. The van der Waals surface area contributed by atoms with E-state index in [0.29, 0.717) is 23.5 Å². The fourth-order valence-corrected chi connectivity index (χ4v) is 2.70. The second kappa shape index (κ2) is 8.26. The predicted molar refractivity (Wildman–Crippen MR) is 108 cm³/mol. The lowest BCUT2D eigenvalue weighted by atomic mass is 10.1. The van der Waals surface area contributed by atoms with Gasteiger partial charge in [-0.2, -0.15) is 0 Å². The van der Waals surface area contributed by atoms with E-state index in [1.807, 2.05) is 0 Å². The fourth-order valence-electron chi connectivity index (χ4n) is 2.54. The summed E-state index contributed by atoms with van der Waals surface area (Å²) in [5.41, 5.74) is 1.15. The van der Waals surface area contributed by atoms with E-state index >= 15 is 0 Å². The minimum absolute atomic E-state index is 0.132. The SMILES string of the molecule is CCC(=O)Nc1ccc(Cl)c(NC(=O)c2ccc(NC3CC3)c([N+](=O)[O-])c2)c1. The van der Waals surface area contributed by atoms with Crippen LogP contribution in [0.2, 0.25) is 5.02 Å². The summed E-state index contributed by atoms with van der Waals surface area (Å²) in [5.74, 6) is -0.712. The fraction of sp³-hybridized carbons (Fsp3) is 0.263. The van der Waals surface area contributed by atoms with Crippen molar-refractivity contribution in [3.8, 4) is 0 Å². The van der Waals surface area contributed by atoms with E-state index in [1.165, 1.54) is 24.3 Å². The number of carbonyl (C=O) groups is 2. The number of nitro groups is 1. The predicted octanol–water partition coefficient (Wildman–Crippen LogP) is 4.42. The Hall–Kier alpha value is -3.13. The molecule has 28 heavy (non-hydrogen) atoms. The molecule has 0 unspecified atom stereocenters. The van der Waals surface area contributed by atoms with Gasteiger partial charge in [-0.15, -0.1) is 0 Å². The second-order valence-electron chi connectivity index (χ2n) is 6.46. The molecule has 0 spiro atoms. The van der Waals surface area contributed by atoms with Gasteiger partial charge in [0.2, 0.25) is 5.91 Å². The number of nitrogens with zero attached hydrogens (tertiary/aromatic N) is 1. The van der Waals surface area contributed by atoms with Crippen LogP contribution >= 0.6 is 11.6 Å². The maximum atomic E-state index is 12.6. The number of halogens is 1. The van der Waals surface area contributed by atoms with Crippen molar-refractivity contribution in [2.24, 2.45) is 0 Å². The molecule has 1 saturated carbocycles. The number of anilines is 3. The topological polar surface area (TPSA) is 113 Å². The van der Waals surface area contributed by atoms with Gasteiger partial charge in [-0.1, -0.05) is 18.5 Å². The van der Waals surface area contributed by atoms with Gasteiger partial charge in [0.25, 0.3) is 11.6 Å². The smallest absolute Gasteiger partial charge is 0.293 e. The number of nitrogens with one attached hydrogen (secondary N) is 3. The molecule has 2 amide bonds.